The largest absolute Gasteiger partial charge is 0.397 e. The van der Waals surface area contributed by atoms with E-state index in [2.05, 4.69) is 9.80 Å². The molecule has 108 valence electrons. The van der Waals surface area contributed by atoms with Crippen molar-refractivity contribution in [2.24, 2.45) is 5.73 Å². The Kier molecular flexibility index (Phi) is 3.53. The van der Waals surface area contributed by atoms with E-state index in [-0.39, 0.29) is 0 Å². The Bertz CT molecular complexity index is 517. The number of hydrogen-bond acceptors (Lipinski definition) is 4. The van der Waals surface area contributed by atoms with Gasteiger partial charge in [-0.15, -0.1) is 0 Å². The Morgan fingerprint density at radius 1 is 1.20 bits per heavy atom. The number of hydrogen-bond donors (Lipinski definition) is 2. The molecule has 2 aliphatic heterocycles. The van der Waals surface area contributed by atoms with E-state index < -0.39 is 5.91 Å². The number of nitrogens with zero attached hydrogens (tertiary/aromatic N) is 2. The van der Waals surface area contributed by atoms with Crippen LogP contribution >= 0.6 is 0 Å². The lowest BCUT2D eigenvalue weighted by atomic mass is 10.1. The van der Waals surface area contributed by atoms with Crippen molar-refractivity contribution < 1.29 is 4.79 Å². The molecule has 0 spiro atoms. The number of benzene rings is 1. The molecule has 1 unspecified atom stereocenters. The molecule has 3 rings (SSSR count). The zero-order valence-corrected chi connectivity index (χ0v) is 11.7. The monoisotopic (exact) mass is 274 g/mol. The fourth-order valence-electron chi connectivity index (χ4n) is 3.42. The number of carbonyl (C=O) groups is 1. The summed E-state index contributed by atoms with van der Waals surface area (Å²) in [4.78, 5) is 16.1. The van der Waals surface area contributed by atoms with Gasteiger partial charge >= 0.3 is 0 Å². The van der Waals surface area contributed by atoms with Crippen molar-refractivity contribution in [3.05, 3.63) is 23.8 Å². The molecule has 0 aromatic heterocycles. The van der Waals surface area contributed by atoms with Gasteiger partial charge < -0.3 is 16.4 Å². The van der Waals surface area contributed by atoms with E-state index in [0.717, 1.165) is 25.2 Å². The minimum atomic E-state index is -0.430. The maximum Gasteiger partial charge on any atom is 0.248 e. The molecule has 5 nitrogen and oxygen atoms in total. The second-order valence-corrected chi connectivity index (χ2v) is 5.77. The molecule has 0 saturated carbocycles. The average Bonchev–Trinajstić information content (AvgIpc) is 2.76. The van der Waals surface area contributed by atoms with Crippen LogP contribution in [0.1, 0.15) is 29.6 Å². The highest BCUT2D eigenvalue weighted by Gasteiger charge is 2.29. The number of fused-ring (bicyclic) bond motifs is 1. The third kappa shape index (κ3) is 2.45. The topological polar surface area (TPSA) is 75.6 Å². The predicted molar refractivity (Wildman–Crippen MR) is 80.8 cm³/mol. The summed E-state index contributed by atoms with van der Waals surface area (Å²) in [6.07, 6.45) is 3.73. The Labute approximate surface area is 119 Å². The SMILES string of the molecule is NC(=O)c1ccc(N2CCCN3CCCC3C2)c(N)c1. The second-order valence-electron chi connectivity index (χ2n) is 5.77. The smallest absolute Gasteiger partial charge is 0.248 e. The van der Waals surface area contributed by atoms with E-state index in [1.165, 1.54) is 25.9 Å². The maximum absolute atomic E-state index is 11.2. The summed E-state index contributed by atoms with van der Waals surface area (Å²) < 4.78 is 0. The number of carbonyl (C=O) groups excluding carboxylic acids is 1. The van der Waals surface area contributed by atoms with E-state index in [1.54, 1.807) is 12.1 Å². The molecule has 2 saturated heterocycles. The number of amides is 1. The standard InChI is InChI=1S/C15H22N4O/c16-13-9-11(15(17)20)4-5-14(13)19-8-2-7-18-6-1-3-12(18)10-19/h4-5,9,12H,1-3,6-8,10,16H2,(H2,17,20). The van der Waals surface area contributed by atoms with Crippen LogP contribution in [0.3, 0.4) is 0 Å². The molecule has 1 aromatic rings. The molecule has 20 heavy (non-hydrogen) atoms. The highest BCUT2D eigenvalue weighted by atomic mass is 16.1. The van der Waals surface area contributed by atoms with Crippen molar-refractivity contribution in [3.8, 4) is 0 Å². The van der Waals surface area contributed by atoms with Gasteiger partial charge in [0.15, 0.2) is 0 Å². The van der Waals surface area contributed by atoms with E-state index in [0.29, 0.717) is 17.3 Å². The van der Waals surface area contributed by atoms with Gasteiger partial charge in [0, 0.05) is 31.2 Å². The molecule has 0 aliphatic carbocycles. The molecule has 0 bridgehead atoms. The van der Waals surface area contributed by atoms with Gasteiger partial charge in [-0.05, 0) is 44.0 Å². The van der Waals surface area contributed by atoms with Gasteiger partial charge in [0.05, 0.1) is 11.4 Å². The van der Waals surface area contributed by atoms with Crippen LogP contribution in [0.25, 0.3) is 0 Å². The first-order valence-corrected chi connectivity index (χ1v) is 7.33. The van der Waals surface area contributed by atoms with E-state index in [9.17, 15) is 4.79 Å². The lowest BCUT2D eigenvalue weighted by Gasteiger charge is -2.28. The molecule has 2 fully saturated rings. The molecule has 1 atom stereocenters. The minimum Gasteiger partial charge on any atom is -0.397 e. The van der Waals surface area contributed by atoms with Gasteiger partial charge in [0.2, 0.25) is 5.91 Å². The number of nitrogen functional groups attached to an aromatic ring is 1. The summed E-state index contributed by atoms with van der Waals surface area (Å²) in [7, 11) is 0. The van der Waals surface area contributed by atoms with Crippen LogP contribution in [0, 0.1) is 0 Å². The number of anilines is 2. The van der Waals surface area contributed by atoms with Crippen molar-refractivity contribution in [2.45, 2.75) is 25.3 Å². The molecule has 2 aliphatic rings. The van der Waals surface area contributed by atoms with Crippen LogP contribution in [0.5, 0.6) is 0 Å². The van der Waals surface area contributed by atoms with Crippen LogP contribution in [0.15, 0.2) is 18.2 Å². The summed E-state index contributed by atoms with van der Waals surface area (Å²) in [5.41, 5.74) is 13.6. The first kappa shape index (κ1) is 13.2. The minimum absolute atomic E-state index is 0.430. The molecule has 0 radical (unpaired) electrons. The van der Waals surface area contributed by atoms with Gasteiger partial charge in [-0.2, -0.15) is 0 Å². The quantitative estimate of drug-likeness (QED) is 0.790. The van der Waals surface area contributed by atoms with Gasteiger partial charge in [-0.1, -0.05) is 0 Å². The summed E-state index contributed by atoms with van der Waals surface area (Å²) in [5.74, 6) is -0.430. The molecule has 1 amide bonds. The molecule has 4 N–H and O–H groups in total. The molecular weight excluding hydrogens is 252 g/mol. The van der Waals surface area contributed by atoms with Crippen LogP contribution < -0.4 is 16.4 Å². The summed E-state index contributed by atoms with van der Waals surface area (Å²) in [6, 6.07) is 6.04. The van der Waals surface area contributed by atoms with Gasteiger partial charge in [0.1, 0.15) is 0 Å². The van der Waals surface area contributed by atoms with E-state index >= 15 is 0 Å². The fraction of sp³-hybridized carbons (Fsp3) is 0.533. The van der Waals surface area contributed by atoms with Crippen LogP contribution in [0.4, 0.5) is 11.4 Å². The summed E-state index contributed by atoms with van der Waals surface area (Å²) in [6.45, 7) is 4.46. The highest BCUT2D eigenvalue weighted by Crippen LogP contribution is 2.29. The van der Waals surface area contributed by atoms with Crippen LogP contribution in [-0.4, -0.2) is 43.0 Å². The van der Waals surface area contributed by atoms with Crippen molar-refractivity contribution in [1.29, 1.82) is 0 Å². The van der Waals surface area contributed by atoms with E-state index in [4.69, 9.17) is 11.5 Å². The molecule has 5 heteroatoms. The lowest BCUT2D eigenvalue weighted by molar-refractivity contribution is 0.100. The van der Waals surface area contributed by atoms with Gasteiger partial charge in [-0.3, -0.25) is 9.69 Å². The normalized spacial score (nSPS) is 23.4. The lowest BCUT2D eigenvalue weighted by Crippen LogP contribution is -2.36. The summed E-state index contributed by atoms with van der Waals surface area (Å²) >= 11 is 0. The Morgan fingerprint density at radius 3 is 2.75 bits per heavy atom. The number of primary amides is 1. The average molecular weight is 274 g/mol. The van der Waals surface area contributed by atoms with Crippen LogP contribution in [0.2, 0.25) is 0 Å². The number of nitrogens with two attached hydrogens (primary N) is 2. The molecule has 1 aromatic carbocycles. The van der Waals surface area contributed by atoms with Crippen molar-refractivity contribution in [1.82, 2.24) is 4.90 Å². The first-order chi connectivity index (χ1) is 9.65. The zero-order chi connectivity index (χ0) is 14.1. The molecular formula is C15H22N4O. The molecule has 2 heterocycles. The maximum atomic E-state index is 11.2. The predicted octanol–water partition coefficient (Wildman–Crippen LogP) is 1.04. The second kappa shape index (κ2) is 5.32. The Hall–Kier alpha value is -1.75. The van der Waals surface area contributed by atoms with Crippen LogP contribution in [-0.2, 0) is 0 Å². The van der Waals surface area contributed by atoms with Gasteiger partial charge in [0.25, 0.3) is 0 Å². The summed E-state index contributed by atoms with van der Waals surface area (Å²) in [5, 5.41) is 0. The number of rotatable bonds is 2. The van der Waals surface area contributed by atoms with Crippen molar-refractivity contribution in [2.75, 3.05) is 36.8 Å². The van der Waals surface area contributed by atoms with Crippen molar-refractivity contribution in [3.63, 3.8) is 0 Å². The first-order valence-electron chi connectivity index (χ1n) is 7.33. The third-order valence-electron chi connectivity index (χ3n) is 4.46. The Morgan fingerprint density at radius 2 is 2.00 bits per heavy atom. The third-order valence-corrected chi connectivity index (χ3v) is 4.46. The zero-order valence-electron chi connectivity index (χ0n) is 11.7. The Balaban J connectivity index is 1.82. The van der Waals surface area contributed by atoms with E-state index in [1.807, 2.05) is 6.07 Å². The van der Waals surface area contributed by atoms with Gasteiger partial charge in [-0.25, -0.2) is 0 Å². The fourth-order valence-corrected chi connectivity index (χ4v) is 3.42. The van der Waals surface area contributed by atoms with Crippen molar-refractivity contribution >= 4 is 17.3 Å². The highest BCUT2D eigenvalue weighted by molar-refractivity contribution is 5.94.